The molecular weight excluding hydrogens is 452 g/mol. The van der Waals surface area contributed by atoms with Gasteiger partial charge in [0.05, 0.1) is 35.3 Å². The fraction of sp³-hybridized carbons (Fsp3) is 0.273. The lowest BCUT2D eigenvalue weighted by molar-refractivity contribution is 0.281. The molecule has 0 bridgehead atoms. The first-order chi connectivity index (χ1) is 15.4. The number of rotatable bonds is 3. The van der Waals surface area contributed by atoms with Crippen LogP contribution < -0.4 is 5.32 Å². The number of aliphatic hydroxyl groups excluding tert-OH is 1. The molecule has 0 fully saturated rings. The van der Waals surface area contributed by atoms with Crippen LogP contribution in [0.5, 0.6) is 0 Å². The Hall–Kier alpha value is -3.31. The number of hydrogen-bond acceptors (Lipinski definition) is 6. The maximum atomic E-state index is 15.5. The van der Waals surface area contributed by atoms with Gasteiger partial charge in [0.25, 0.3) is 0 Å². The molecule has 2 N–H and O–H groups in total. The summed E-state index contributed by atoms with van der Waals surface area (Å²) in [7, 11) is -3.70. The third-order valence-corrected chi connectivity index (χ3v) is 6.98. The third-order valence-electron chi connectivity index (χ3n) is 5.95. The van der Waals surface area contributed by atoms with Crippen molar-refractivity contribution in [2.24, 2.45) is 0 Å². The quantitative estimate of drug-likeness (QED) is 0.473. The molecule has 0 amide bonds. The van der Waals surface area contributed by atoms with E-state index in [9.17, 15) is 17.9 Å². The Bertz CT molecular complexity index is 1570. The van der Waals surface area contributed by atoms with Gasteiger partial charge in [0, 0.05) is 17.1 Å². The first-order valence-electron chi connectivity index (χ1n) is 10.1. The van der Waals surface area contributed by atoms with E-state index in [1.165, 1.54) is 24.4 Å². The summed E-state index contributed by atoms with van der Waals surface area (Å²) in [6.45, 7) is 4.92. The Labute approximate surface area is 188 Å². The van der Waals surface area contributed by atoms with Gasteiger partial charge in [-0.2, -0.15) is 0 Å². The van der Waals surface area contributed by atoms with Gasteiger partial charge in [-0.1, -0.05) is 0 Å². The molecule has 172 valence electrons. The number of aromatic nitrogens is 4. The number of aryl methyl sites for hydroxylation is 1. The first-order valence-corrected chi connectivity index (χ1v) is 12.0. The van der Waals surface area contributed by atoms with Crippen molar-refractivity contribution in [3.05, 3.63) is 59.3 Å². The van der Waals surface area contributed by atoms with Crippen LogP contribution in [0.25, 0.3) is 27.7 Å². The van der Waals surface area contributed by atoms with Crippen LogP contribution in [0.3, 0.4) is 0 Å². The first kappa shape index (κ1) is 21.5. The maximum Gasteiger partial charge on any atom is 0.236 e. The molecule has 8 nitrogen and oxygen atoms in total. The Balaban J connectivity index is 1.89. The number of halogens is 2. The summed E-state index contributed by atoms with van der Waals surface area (Å²) in [6, 6.07) is 5.07. The number of nitrogens with zero attached hydrogens (tertiary/aromatic N) is 4. The summed E-state index contributed by atoms with van der Waals surface area (Å²) >= 11 is 0. The lowest BCUT2D eigenvalue weighted by atomic mass is 9.91. The highest BCUT2D eigenvalue weighted by Crippen LogP contribution is 2.44. The average molecular weight is 474 g/mol. The van der Waals surface area contributed by atoms with Gasteiger partial charge in [-0.05, 0) is 56.2 Å². The molecule has 11 heteroatoms. The third kappa shape index (κ3) is 3.06. The summed E-state index contributed by atoms with van der Waals surface area (Å²) in [6.07, 6.45) is 2.33. The summed E-state index contributed by atoms with van der Waals surface area (Å²) in [5.74, 6) is -0.265. The molecule has 33 heavy (non-hydrogen) atoms. The molecular formula is C22H21F2N5O3S. The predicted octanol–water partition coefficient (Wildman–Crippen LogP) is 3.44. The minimum Gasteiger partial charge on any atom is -0.392 e. The van der Waals surface area contributed by atoms with Crippen molar-refractivity contribution in [1.82, 2.24) is 18.7 Å². The molecule has 5 rings (SSSR count). The van der Waals surface area contributed by atoms with E-state index in [0.29, 0.717) is 28.3 Å². The van der Waals surface area contributed by atoms with E-state index in [1.807, 2.05) is 13.8 Å². The minimum absolute atomic E-state index is 0.120. The van der Waals surface area contributed by atoms with E-state index in [1.54, 1.807) is 11.5 Å². The largest absolute Gasteiger partial charge is 0.392 e. The van der Waals surface area contributed by atoms with Gasteiger partial charge < -0.3 is 10.4 Å². The Morgan fingerprint density at radius 1 is 1.15 bits per heavy atom. The van der Waals surface area contributed by atoms with Crippen LogP contribution in [-0.2, 0) is 22.2 Å². The summed E-state index contributed by atoms with van der Waals surface area (Å²) in [5, 5.41) is 22.3. The van der Waals surface area contributed by atoms with Crippen molar-refractivity contribution in [2.45, 2.75) is 32.9 Å². The van der Waals surface area contributed by atoms with E-state index in [2.05, 4.69) is 15.5 Å². The van der Waals surface area contributed by atoms with E-state index < -0.39 is 33.8 Å². The number of anilines is 1. The van der Waals surface area contributed by atoms with Crippen LogP contribution in [0.4, 0.5) is 14.5 Å². The van der Waals surface area contributed by atoms with Crippen molar-refractivity contribution < 1.29 is 22.3 Å². The normalized spacial score (nSPS) is 14.8. The van der Waals surface area contributed by atoms with E-state index in [0.717, 1.165) is 16.3 Å². The number of fused-ring (bicyclic) bond motifs is 4. The zero-order valence-corrected chi connectivity index (χ0v) is 19.1. The number of hydrogen-bond donors (Lipinski definition) is 2. The second kappa shape index (κ2) is 6.84. The molecule has 0 aliphatic carbocycles. The van der Waals surface area contributed by atoms with Gasteiger partial charge in [0.2, 0.25) is 10.0 Å². The monoisotopic (exact) mass is 473 g/mol. The summed E-state index contributed by atoms with van der Waals surface area (Å²) in [5.41, 5.74) is 0.726. The van der Waals surface area contributed by atoms with Gasteiger partial charge in [-0.25, -0.2) is 21.2 Å². The van der Waals surface area contributed by atoms with Crippen molar-refractivity contribution in [1.29, 1.82) is 0 Å². The van der Waals surface area contributed by atoms with E-state index in [-0.39, 0.29) is 22.3 Å². The molecule has 3 heterocycles. The predicted molar refractivity (Wildman–Crippen MR) is 120 cm³/mol. The number of aliphatic hydroxyl groups is 1. The van der Waals surface area contributed by atoms with Crippen molar-refractivity contribution in [2.75, 3.05) is 11.6 Å². The van der Waals surface area contributed by atoms with E-state index in [4.69, 9.17) is 0 Å². The van der Waals surface area contributed by atoms with Gasteiger partial charge in [0.15, 0.2) is 5.82 Å². The molecule has 0 atom stereocenters. The topological polar surface area (TPSA) is 102 Å². The molecule has 0 unspecified atom stereocenters. The van der Waals surface area contributed by atoms with Crippen molar-refractivity contribution in [3.63, 3.8) is 0 Å². The van der Waals surface area contributed by atoms with Crippen LogP contribution in [0.1, 0.15) is 31.1 Å². The molecule has 1 aliphatic heterocycles. The Kier molecular flexibility index (Phi) is 4.47. The molecule has 2 aromatic carbocycles. The van der Waals surface area contributed by atoms with E-state index >= 15 is 4.39 Å². The Morgan fingerprint density at radius 3 is 2.55 bits per heavy atom. The van der Waals surface area contributed by atoms with Crippen LogP contribution >= 0.6 is 0 Å². The zero-order valence-electron chi connectivity index (χ0n) is 18.3. The lowest BCUT2D eigenvalue weighted by Gasteiger charge is -2.35. The van der Waals surface area contributed by atoms with Gasteiger partial charge >= 0.3 is 0 Å². The van der Waals surface area contributed by atoms with Crippen LogP contribution in [0, 0.1) is 18.6 Å². The number of nitrogens with one attached hydrogen (secondary N) is 1. The molecule has 0 radical (unpaired) electrons. The number of benzene rings is 2. The molecule has 0 saturated heterocycles. The zero-order chi connectivity index (χ0) is 23.9. The average Bonchev–Trinajstić information content (AvgIpc) is 3.32. The smallest absolute Gasteiger partial charge is 0.236 e. The molecule has 4 aromatic rings. The molecule has 0 saturated carbocycles. The highest BCUT2D eigenvalue weighted by Gasteiger charge is 2.37. The van der Waals surface area contributed by atoms with Gasteiger partial charge in [0.1, 0.15) is 17.5 Å². The molecule has 1 aliphatic rings. The summed E-state index contributed by atoms with van der Waals surface area (Å²) < 4.78 is 57.1. The highest BCUT2D eigenvalue weighted by atomic mass is 32.2. The van der Waals surface area contributed by atoms with Crippen molar-refractivity contribution in [3.8, 4) is 16.8 Å². The highest BCUT2D eigenvalue weighted by molar-refractivity contribution is 7.89. The summed E-state index contributed by atoms with van der Waals surface area (Å²) in [4.78, 5) is 0. The lowest BCUT2D eigenvalue weighted by Crippen LogP contribution is -2.37. The second-order valence-electron chi connectivity index (χ2n) is 8.68. The fourth-order valence-electron chi connectivity index (χ4n) is 4.54. The van der Waals surface area contributed by atoms with Crippen LogP contribution in [0.15, 0.2) is 30.5 Å². The molecule has 0 spiro atoms. The Morgan fingerprint density at radius 2 is 1.88 bits per heavy atom. The second-order valence-corrected chi connectivity index (χ2v) is 10.5. The standard InChI is InChI=1S/C22H21F2N5O3S/c1-11-26-27-21-22(2,3)25-19-17(24)9-15(16(10-30)20(19)29(11)21)14-7-12(23)8-18-13(14)5-6-28(18)33(4,31)32/h5-9,25,30H,10H2,1-4H3. The van der Waals surface area contributed by atoms with Crippen molar-refractivity contribution >= 4 is 26.6 Å². The SMILES string of the molecule is Cc1nnc2n1-c1c(CO)c(-c3cc(F)cc4c3ccn4S(C)(=O)=O)cc(F)c1NC2(C)C. The maximum absolute atomic E-state index is 15.5. The molecule has 2 aromatic heterocycles. The fourth-order valence-corrected chi connectivity index (χ4v) is 5.33. The minimum atomic E-state index is -3.70. The van der Waals surface area contributed by atoms with Crippen LogP contribution in [-0.4, -0.2) is 38.5 Å². The van der Waals surface area contributed by atoms with Crippen LogP contribution in [0.2, 0.25) is 0 Å². The van der Waals surface area contributed by atoms with Gasteiger partial charge in [-0.3, -0.25) is 4.57 Å². The van der Waals surface area contributed by atoms with Gasteiger partial charge in [-0.15, -0.1) is 10.2 Å².